The number of anilines is 2. The third kappa shape index (κ3) is 8.85. The van der Waals surface area contributed by atoms with Gasteiger partial charge in [-0.15, -0.1) is 0 Å². The highest BCUT2D eigenvalue weighted by Gasteiger charge is 2.07. The Kier molecular flexibility index (Phi) is 11.1. The number of hydrogen-bond donors (Lipinski definition) is 4. The SMILES string of the molecule is CCCNCC(=O)NCCCCCNc1ccc(C(=O)CCC)cc1N. The highest BCUT2D eigenvalue weighted by atomic mass is 16.2. The van der Waals surface area contributed by atoms with Gasteiger partial charge in [0.1, 0.15) is 0 Å². The lowest BCUT2D eigenvalue weighted by molar-refractivity contribution is -0.120. The van der Waals surface area contributed by atoms with Crippen LogP contribution in [0.4, 0.5) is 11.4 Å². The highest BCUT2D eigenvalue weighted by molar-refractivity contribution is 5.97. The molecule has 0 atom stereocenters. The molecule has 0 saturated heterocycles. The van der Waals surface area contributed by atoms with Gasteiger partial charge in [-0.25, -0.2) is 0 Å². The number of carbonyl (C=O) groups is 2. The lowest BCUT2D eigenvalue weighted by atomic mass is 10.1. The van der Waals surface area contributed by atoms with Crippen LogP contribution >= 0.6 is 0 Å². The van der Waals surface area contributed by atoms with Crippen molar-refractivity contribution in [2.45, 2.75) is 52.4 Å². The van der Waals surface area contributed by atoms with Crippen LogP contribution in [0.5, 0.6) is 0 Å². The van der Waals surface area contributed by atoms with E-state index in [0.29, 0.717) is 30.8 Å². The van der Waals surface area contributed by atoms with Gasteiger partial charge in [-0.05, 0) is 56.8 Å². The van der Waals surface area contributed by atoms with E-state index in [1.165, 1.54) is 0 Å². The molecule has 0 fully saturated rings. The van der Waals surface area contributed by atoms with E-state index in [1.54, 1.807) is 6.07 Å². The Hall–Kier alpha value is -2.08. The molecule has 0 aliphatic heterocycles. The zero-order valence-electron chi connectivity index (χ0n) is 16.2. The molecular formula is C20H34N4O2. The Morgan fingerprint density at radius 3 is 2.46 bits per heavy atom. The summed E-state index contributed by atoms with van der Waals surface area (Å²) in [5.41, 5.74) is 8.19. The smallest absolute Gasteiger partial charge is 0.233 e. The number of Topliss-reactive ketones (excluding diaryl/α,β-unsaturated/α-hetero) is 1. The molecule has 146 valence electrons. The fourth-order valence-electron chi connectivity index (χ4n) is 2.59. The predicted molar refractivity (Wildman–Crippen MR) is 109 cm³/mol. The summed E-state index contributed by atoms with van der Waals surface area (Å²) in [7, 11) is 0. The average Bonchev–Trinajstić information content (AvgIpc) is 2.62. The molecule has 0 unspecified atom stereocenters. The Balaban J connectivity index is 2.16. The van der Waals surface area contributed by atoms with E-state index in [0.717, 1.165) is 50.9 Å². The van der Waals surface area contributed by atoms with Gasteiger partial charge in [0, 0.05) is 25.1 Å². The molecule has 1 rings (SSSR count). The molecule has 6 heteroatoms. The van der Waals surface area contributed by atoms with E-state index in [2.05, 4.69) is 22.9 Å². The second-order valence-electron chi connectivity index (χ2n) is 6.49. The van der Waals surface area contributed by atoms with Crippen molar-refractivity contribution in [2.75, 3.05) is 37.2 Å². The van der Waals surface area contributed by atoms with Crippen molar-refractivity contribution in [2.24, 2.45) is 0 Å². The minimum absolute atomic E-state index is 0.0575. The third-order valence-electron chi connectivity index (χ3n) is 4.05. The molecule has 0 bridgehead atoms. The van der Waals surface area contributed by atoms with Crippen LogP contribution in [0, 0.1) is 0 Å². The van der Waals surface area contributed by atoms with E-state index in [-0.39, 0.29) is 11.7 Å². The predicted octanol–water partition coefficient (Wildman–Crippen LogP) is 2.95. The van der Waals surface area contributed by atoms with Crippen molar-refractivity contribution < 1.29 is 9.59 Å². The first-order chi connectivity index (χ1) is 12.6. The van der Waals surface area contributed by atoms with Gasteiger partial charge < -0.3 is 21.7 Å². The quantitative estimate of drug-likeness (QED) is 0.232. The van der Waals surface area contributed by atoms with E-state index >= 15 is 0 Å². The van der Waals surface area contributed by atoms with Crippen LogP contribution in [0.15, 0.2) is 18.2 Å². The van der Waals surface area contributed by atoms with Crippen LogP contribution in [0.3, 0.4) is 0 Å². The normalized spacial score (nSPS) is 10.5. The second-order valence-corrected chi connectivity index (χ2v) is 6.49. The number of rotatable bonds is 14. The Morgan fingerprint density at radius 1 is 1.00 bits per heavy atom. The summed E-state index contributed by atoms with van der Waals surface area (Å²) >= 11 is 0. The van der Waals surface area contributed by atoms with E-state index < -0.39 is 0 Å². The molecule has 0 aliphatic rings. The van der Waals surface area contributed by atoms with E-state index in [9.17, 15) is 9.59 Å². The van der Waals surface area contributed by atoms with Gasteiger partial charge in [0.2, 0.25) is 5.91 Å². The molecule has 0 heterocycles. The summed E-state index contributed by atoms with van der Waals surface area (Å²) in [5, 5.41) is 9.31. The van der Waals surface area contributed by atoms with Gasteiger partial charge in [0.05, 0.1) is 17.9 Å². The molecule has 6 nitrogen and oxygen atoms in total. The van der Waals surface area contributed by atoms with E-state index in [1.807, 2.05) is 19.1 Å². The zero-order chi connectivity index (χ0) is 19.2. The van der Waals surface area contributed by atoms with Gasteiger partial charge in [-0.1, -0.05) is 13.8 Å². The van der Waals surface area contributed by atoms with Crippen molar-refractivity contribution in [3.05, 3.63) is 23.8 Å². The van der Waals surface area contributed by atoms with Crippen LogP contribution in [-0.2, 0) is 4.79 Å². The second kappa shape index (κ2) is 13.2. The standard InChI is InChI=1S/C20H34N4O2/c1-3-8-19(25)16-9-10-18(17(21)14-16)23-12-6-5-7-13-24-20(26)15-22-11-4-2/h9-10,14,22-23H,3-8,11-13,15,21H2,1-2H3,(H,24,26). The lowest BCUT2D eigenvalue weighted by Gasteiger charge is -2.11. The van der Waals surface area contributed by atoms with Crippen molar-refractivity contribution in [1.82, 2.24) is 10.6 Å². The van der Waals surface area contributed by atoms with Crippen LogP contribution in [0.25, 0.3) is 0 Å². The first kappa shape index (κ1) is 22.0. The molecule has 0 spiro atoms. The topological polar surface area (TPSA) is 96.2 Å². The molecule has 0 radical (unpaired) electrons. The Labute approximate surface area is 157 Å². The average molecular weight is 363 g/mol. The summed E-state index contributed by atoms with van der Waals surface area (Å²) in [4.78, 5) is 23.4. The maximum Gasteiger partial charge on any atom is 0.233 e. The van der Waals surface area contributed by atoms with Gasteiger partial charge >= 0.3 is 0 Å². The van der Waals surface area contributed by atoms with Crippen molar-refractivity contribution in [3.8, 4) is 0 Å². The first-order valence-electron chi connectivity index (χ1n) is 9.72. The summed E-state index contributed by atoms with van der Waals surface area (Å²) < 4.78 is 0. The maximum absolute atomic E-state index is 11.9. The fraction of sp³-hybridized carbons (Fsp3) is 0.600. The van der Waals surface area contributed by atoms with Crippen molar-refractivity contribution >= 4 is 23.1 Å². The molecule has 5 N–H and O–H groups in total. The summed E-state index contributed by atoms with van der Waals surface area (Å²) in [6, 6.07) is 5.46. The van der Waals surface area contributed by atoms with Gasteiger partial charge in [-0.2, -0.15) is 0 Å². The molecule has 0 aliphatic carbocycles. The lowest BCUT2D eigenvalue weighted by Crippen LogP contribution is -2.34. The van der Waals surface area contributed by atoms with Crippen LogP contribution in [-0.4, -0.2) is 37.9 Å². The van der Waals surface area contributed by atoms with Crippen molar-refractivity contribution in [1.29, 1.82) is 0 Å². The summed E-state index contributed by atoms with van der Waals surface area (Å²) in [6.07, 6.45) is 5.41. The number of amides is 1. The highest BCUT2D eigenvalue weighted by Crippen LogP contribution is 2.21. The first-order valence-corrected chi connectivity index (χ1v) is 9.72. The number of nitrogen functional groups attached to an aromatic ring is 1. The number of hydrogen-bond acceptors (Lipinski definition) is 5. The Bertz CT molecular complexity index is 561. The summed E-state index contributed by atoms with van der Waals surface area (Å²) in [5.74, 6) is 0.194. The monoisotopic (exact) mass is 362 g/mol. The zero-order valence-corrected chi connectivity index (χ0v) is 16.2. The number of nitrogens with one attached hydrogen (secondary N) is 3. The number of benzene rings is 1. The molecule has 26 heavy (non-hydrogen) atoms. The molecular weight excluding hydrogens is 328 g/mol. The third-order valence-corrected chi connectivity index (χ3v) is 4.05. The number of ketones is 1. The van der Waals surface area contributed by atoms with Crippen molar-refractivity contribution in [3.63, 3.8) is 0 Å². The van der Waals surface area contributed by atoms with E-state index in [4.69, 9.17) is 5.73 Å². The number of carbonyl (C=O) groups excluding carboxylic acids is 2. The Morgan fingerprint density at radius 2 is 1.77 bits per heavy atom. The molecule has 0 saturated carbocycles. The summed E-state index contributed by atoms with van der Waals surface area (Å²) in [6.45, 7) is 6.86. The van der Waals surface area contributed by atoms with Crippen LogP contribution in [0.2, 0.25) is 0 Å². The minimum Gasteiger partial charge on any atom is -0.397 e. The fourth-order valence-corrected chi connectivity index (χ4v) is 2.59. The van der Waals surface area contributed by atoms with Crippen LogP contribution in [0.1, 0.15) is 62.7 Å². The minimum atomic E-state index is 0.0575. The number of unbranched alkanes of at least 4 members (excludes halogenated alkanes) is 2. The van der Waals surface area contributed by atoms with Crippen LogP contribution < -0.4 is 21.7 Å². The van der Waals surface area contributed by atoms with Gasteiger partial charge in [-0.3, -0.25) is 9.59 Å². The molecule has 1 aromatic carbocycles. The largest absolute Gasteiger partial charge is 0.397 e. The molecule has 0 aromatic heterocycles. The van der Waals surface area contributed by atoms with Gasteiger partial charge in [0.25, 0.3) is 0 Å². The van der Waals surface area contributed by atoms with Gasteiger partial charge in [0.15, 0.2) is 5.78 Å². The molecule has 1 aromatic rings. The maximum atomic E-state index is 11.9. The number of nitrogens with two attached hydrogens (primary N) is 1. The molecule has 1 amide bonds.